The normalized spacial score (nSPS) is 12.5. The number of hydrogen-bond acceptors (Lipinski definition) is 2. The molecular weight excluding hydrogens is 236 g/mol. The summed E-state index contributed by atoms with van der Waals surface area (Å²) in [6, 6.07) is 0. The van der Waals surface area contributed by atoms with Crippen molar-refractivity contribution in [1.82, 2.24) is 0 Å². The van der Waals surface area contributed by atoms with E-state index in [-0.39, 0.29) is 5.97 Å². The molecule has 0 aromatic carbocycles. The SMILES string of the molecule is CC=CC=CC(=CCCCCCCC)OC(=O)CC. The number of unbranched alkanes of at least 4 members (excludes halogenated alkanes) is 5. The monoisotopic (exact) mass is 264 g/mol. The lowest BCUT2D eigenvalue weighted by Crippen LogP contribution is -2.00. The lowest BCUT2D eigenvalue weighted by Gasteiger charge is -2.03. The Hall–Kier alpha value is -1.31. The highest BCUT2D eigenvalue weighted by Gasteiger charge is 2.01. The van der Waals surface area contributed by atoms with Gasteiger partial charge in [0.2, 0.25) is 0 Å². The van der Waals surface area contributed by atoms with Gasteiger partial charge in [0.05, 0.1) is 0 Å². The molecule has 2 nitrogen and oxygen atoms in total. The van der Waals surface area contributed by atoms with Crippen molar-refractivity contribution in [1.29, 1.82) is 0 Å². The van der Waals surface area contributed by atoms with Crippen molar-refractivity contribution in [3.8, 4) is 0 Å². The predicted octanol–water partition coefficient (Wildman–Crippen LogP) is 5.32. The highest BCUT2D eigenvalue weighted by atomic mass is 16.5. The Morgan fingerprint density at radius 3 is 2.42 bits per heavy atom. The van der Waals surface area contributed by atoms with Crippen LogP contribution >= 0.6 is 0 Å². The molecule has 0 aliphatic carbocycles. The van der Waals surface area contributed by atoms with Crippen LogP contribution in [0.4, 0.5) is 0 Å². The third-order valence-corrected chi connectivity index (χ3v) is 2.74. The third-order valence-electron chi connectivity index (χ3n) is 2.74. The zero-order valence-electron chi connectivity index (χ0n) is 12.7. The molecule has 2 heteroatoms. The van der Waals surface area contributed by atoms with Gasteiger partial charge >= 0.3 is 5.97 Å². The molecule has 0 N–H and O–H groups in total. The van der Waals surface area contributed by atoms with Crippen LogP contribution in [0.1, 0.15) is 65.7 Å². The van der Waals surface area contributed by atoms with Gasteiger partial charge in [-0.3, -0.25) is 4.79 Å². The minimum Gasteiger partial charge on any atom is -0.427 e. The summed E-state index contributed by atoms with van der Waals surface area (Å²) < 4.78 is 5.28. The van der Waals surface area contributed by atoms with E-state index in [0.717, 1.165) is 12.8 Å². The maximum absolute atomic E-state index is 11.3. The van der Waals surface area contributed by atoms with E-state index in [1.54, 1.807) is 6.92 Å². The smallest absolute Gasteiger partial charge is 0.310 e. The van der Waals surface area contributed by atoms with Crippen LogP contribution < -0.4 is 0 Å². The van der Waals surface area contributed by atoms with Gasteiger partial charge < -0.3 is 4.74 Å². The maximum Gasteiger partial charge on any atom is 0.310 e. The van der Waals surface area contributed by atoms with Gasteiger partial charge in [-0.1, -0.05) is 57.8 Å². The number of carbonyl (C=O) groups is 1. The summed E-state index contributed by atoms with van der Waals surface area (Å²) >= 11 is 0. The van der Waals surface area contributed by atoms with Crippen LogP contribution in [0.25, 0.3) is 0 Å². The van der Waals surface area contributed by atoms with Crippen LogP contribution in [0.3, 0.4) is 0 Å². The van der Waals surface area contributed by atoms with E-state index in [4.69, 9.17) is 4.74 Å². The van der Waals surface area contributed by atoms with E-state index in [2.05, 4.69) is 6.92 Å². The third kappa shape index (κ3) is 11.5. The first-order valence-corrected chi connectivity index (χ1v) is 7.44. The molecule has 19 heavy (non-hydrogen) atoms. The molecule has 0 rings (SSSR count). The van der Waals surface area contributed by atoms with Crippen LogP contribution in [0.15, 0.2) is 36.1 Å². The van der Waals surface area contributed by atoms with Crippen molar-refractivity contribution in [3.63, 3.8) is 0 Å². The lowest BCUT2D eigenvalue weighted by molar-refractivity contribution is -0.138. The van der Waals surface area contributed by atoms with Crippen LogP contribution in [-0.2, 0) is 9.53 Å². The Morgan fingerprint density at radius 1 is 1.05 bits per heavy atom. The number of esters is 1. The standard InChI is InChI=1S/C17H28O2/c1-4-7-9-10-11-13-15-16(14-12-8-5-2)19-17(18)6-3/h5,8,12,14-15H,4,6-7,9-11,13H2,1-3H3. The molecule has 0 radical (unpaired) electrons. The van der Waals surface area contributed by atoms with Gasteiger partial charge in [-0.25, -0.2) is 0 Å². The first-order valence-electron chi connectivity index (χ1n) is 7.44. The molecule has 0 aromatic heterocycles. The Labute approximate surface area is 118 Å². The van der Waals surface area contributed by atoms with Crippen molar-refractivity contribution >= 4 is 5.97 Å². The molecule has 0 fully saturated rings. The minimum atomic E-state index is -0.178. The average molecular weight is 264 g/mol. The fraction of sp³-hybridized carbons (Fsp3) is 0.588. The van der Waals surface area contributed by atoms with E-state index >= 15 is 0 Å². The predicted molar refractivity (Wildman–Crippen MR) is 81.8 cm³/mol. The Morgan fingerprint density at radius 2 is 1.79 bits per heavy atom. The van der Waals surface area contributed by atoms with Gasteiger partial charge in [0.1, 0.15) is 5.76 Å². The quantitative estimate of drug-likeness (QED) is 0.231. The molecule has 0 saturated carbocycles. The summed E-state index contributed by atoms with van der Waals surface area (Å²) in [5, 5.41) is 0. The number of ether oxygens (including phenoxy) is 1. The molecule has 0 heterocycles. The molecule has 0 bridgehead atoms. The second-order valence-corrected chi connectivity index (χ2v) is 4.52. The number of hydrogen-bond donors (Lipinski definition) is 0. The van der Waals surface area contributed by atoms with Gasteiger partial charge in [-0.15, -0.1) is 0 Å². The topological polar surface area (TPSA) is 26.3 Å². The van der Waals surface area contributed by atoms with E-state index < -0.39 is 0 Å². The minimum absolute atomic E-state index is 0.178. The van der Waals surface area contributed by atoms with Crippen LogP contribution in [0.5, 0.6) is 0 Å². The molecule has 0 amide bonds. The second kappa shape index (κ2) is 13.1. The second-order valence-electron chi connectivity index (χ2n) is 4.52. The average Bonchev–Trinajstić information content (AvgIpc) is 2.42. The number of carbonyl (C=O) groups excluding carboxylic acids is 1. The zero-order valence-corrected chi connectivity index (χ0v) is 12.7. The Kier molecular flexibility index (Phi) is 12.2. The summed E-state index contributed by atoms with van der Waals surface area (Å²) in [4.78, 5) is 11.3. The first kappa shape index (κ1) is 17.7. The van der Waals surface area contributed by atoms with E-state index in [0.29, 0.717) is 12.2 Å². The highest BCUT2D eigenvalue weighted by Crippen LogP contribution is 2.09. The van der Waals surface area contributed by atoms with Gasteiger partial charge in [0.25, 0.3) is 0 Å². The summed E-state index contributed by atoms with van der Waals surface area (Å²) in [7, 11) is 0. The van der Waals surface area contributed by atoms with Gasteiger partial charge in [0.15, 0.2) is 0 Å². The maximum atomic E-state index is 11.3. The van der Waals surface area contributed by atoms with Crippen molar-refractivity contribution in [2.24, 2.45) is 0 Å². The van der Waals surface area contributed by atoms with Gasteiger partial charge in [-0.2, -0.15) is 0 Å². The molecule has 0 saturated heterocycles. The van der Waals surface area contributed by atoms with Crippen LogP contribution in [0, 0.1) is 0 Å². The van der Waals surface area contributed by atoms with Gasteiger partial charge in [-0.05, 0) is 31.9 Å². The number of rotatable bonds is 10. The van der Waals surface area contributed by atoms with Gasteiger partial charge in [0, 0.05) is 6.42 Å². The fourth-order valence-corrected chi connectivity index (χ4v) is 1.60. The van der Waals surface area contributed by atoms with Crippen molar-refractivity contribution in [2.75, 3.05) is 0 Å². The van der Waals surface area contributed by atoms with Crippen molar-refractivity contribution in [3.05, 3.63) is 36.1 Å². The molecule has 0 aromatic rings. The molecular formula is C17H28O2. The highest BCUT2D eigenvalue weighted by molar-refractivity contribution is 5.70. The fourth-order valence-electron chi connectivity index (χ4n) is 1.60. The first-order chi connectivity index (χ1) is 9.24. The Bertz CT molecular complexity index is 311. The zero-order chi connectivity index (χ0) is 14.3. The molecule has 0 aliphatic rings. The van der Waals surface area contributed by atoms with E-state index in [9.17, 15) is 4.79 Å². The summed E-state index contributed by atoms with van der Waals surface area (Å²) in [6.45, 7) is 5.98. The Balaban J connectivity index is 4.18. The van der Waals surface area contributed by atoms with Crippen LogP contribution in [0.2, 0.25) is 0 Å². The molecule has 108 valence electrons. The van der Waals surface area contributed by atoms with E-state index in [1.165, 1.54) is 25.7 Å². The van der Waals surface area contributed by atoms with Crippen LogP contribution in [-0.4, -0.2) is 5.97 Å². The summed E-state index contributed by atoms with van der Waals surface area (Å²) in [5.41, 5.74) is 0. The van der Waals surface area contributed by atoms with Crippen molar-refractivity contribution < 1.29 is 9.53 Å². The van der Waals surface area contributed by atoms with E-state index in [1.807, 2.05) is 37.3 Å². The summed E-state index contributed by atoms with van der Waals surface area (Å²) in [6.07, 6.45) is 17.3. The number of allylic oxidation sites excluding steroid dienone is 5. The lowest BCUT2D eigenvalue weighted by atomic mass is 10.1. The molecule has 0 aliphatic heterocycles. The molecule has 0 spiro atoms. The molecule has 0 atom stereocenters. The summed E-state index contributed by atoms with van der Waals surface area (Å²) in [5.74, 6) is 0.489. The molecule has 0 unspecified atom stereocenters. The van der Waals surface area contributed by atoms with Crippen molar-refractivity contribution in [2.45, 2.75) is 65.7 Å². The largest absolute Gasteiger partial charge is 0.427 e.